The number of aliphatic hydroxyl groups excluding tert-OH is 1. The van der Waals surface area contributed by atoms with E-state index in [2.05, 4.69) is 4.99 Å². The number of hydrogen-bond acceptors (Lipinski definition) is 8. The van der Waals surface area contributed by atoms with Crippen LogP contribution in [0.3, 0.4) is 0 Å². The molecule has 4 heterocycles. The fourth-order valence-corrected chi connectivity index (χ4v) is 7.82. The van der Waals surface area contributed by atoms with E-state index < -0.39 is 38.7 Å². The zero-order chi connectivity index (χ0) is 33.7. The summed E-state index contributed by atoms with van der Waals surface area (Å²) in [6.45, 7) is 0. The van der Waals surface area contributed by atoms with Gasteiger partial charge in [-0.3, -0.25) is 0 Å². The monoisotopic (exact) mass is 685 g/mol. The Morgan fingerprint density at radius 3 is 2.19 bits per heavy atom. The molecule has 4 atom stereocenters. The number of aliphatic hydroxyl groups is 2. The number of nitrogens with zero attached hydrogens (tertiary/aromatic N) is 1. The molecule has 1 fully saturated rings. The van der Waals surface area contributed by atoms with Crippen molar-refractivity contribution in [2.24, 2.45) is 22.4 Å². The fourth-order valence-electron chi connectivity index (χ4n) is 6.80. The van der Waals surface area contributed by atoms with Crippen LogP contribution in [-0.2, 0) is 28.7 Å². The van der Waals surface area contributed by atoms with Crippen molar-refractivity contribution >= 4 is 16.1 Å². The van der Waals surface area contributed by atoms with Gasteiger partial charge >= 0.3 is 29.6 Å². The molecule has 8 rings (SSSR count). The number of phenols is 1. The molecule has 0 saturated heterocycles. The second-order valence-electron chi connectivity index (χ2n) is 12.9. The summed E-state index contributed by atoms with van der Waals surface area (Å²) < 4.78 is 44.7. The van der Waals surface area contributed by atoms with E-state index in [-0.39, 0.29) is 54.1 Å². The number of guanidine groups is 1. The molecule has 0 spiro atoms. The minimum Gasteiger partial charge on any atom is -0.748 e. The zero-order valence-corrected chi connectivity index (χ0v) is 30.2. The van der Waals surface area contributed by atoms with Gasteiger partial charge in [0.05, 0.1) is 27.1 Å². The number of nitrogens with two attached hydrogens (primary N) is 2. The molecule has 48 heavy (non-hydrogen) atoms. The predicted octanol–water partition coefficient (Wildman–Crippen LogP) is 1.69. The van der Waals surface area contributed by atoms with Crippen molar-refractivity contribution in [3.63, 3.8) is 0 Å². The summed E-state index contributed by atoms with van der Waals surface area (Å²) in [5.74, 6) is -0.371. The molecule has 3 aromatic carbocycles. The van der Waals surface area contributed by atoms with Crippen LogP contribution >= 0.6 is 0 Å². The molecule has 7 N–H and O–H groups in total. The normalized spacial score (nSPS) is 23.3. The molecule has 0 aromatic heterocycles. The first-order chi connectivity index (χ1) is 22.3. The van der Waals surface area contributed by atoms with E-state index >= 15 is 0 Å². The third-order valence-corrected chi connectivity index (χ3v) is 10.8. The Kier molecular flexibility index (Phi) is 12.8. The van der Waals surface area contributed by atoms with E-state index in [0.29, 0.717) is 49.0 Å². The van der Waals surface area contributed by atoms with Gasteiger partial charge in [0.1, 0.15) is 11.5 Å². The van der Waals surface area contributed by atoms with E-state index in [1.807, 2.05) is 36.4 Å². The third-order valence-electron chi connectivity index (χ3n) is 9.45. The minimum absolute atomic E-state index is 0. The molecule has 12 heteroatoms. The largest absolute Gasteiger partial charge is 1.00 e. The quantitative estimate of drug-likeness (QED) is 0.0772. The molecule has 5 aliphatic rings. The summed E-state index contributed by atoms with van der Waals surface area (Å²) in [5, 5.41) is 30.6. The Morgan fingerprint density at radius 1 is 0.958 bits per heavy atom. The summed E-state index contributed by atoms with van der Waals surface area (Å²) in [7, 11) is -4.74. The third kappa shape index (κ3) is 9.84. The first kappa shape index (κ1) is 37.9. The Hall–Kier alpha value is -2.90. The number of rotatable bonds is 8. The van der Waals surface area contributed by atoms with Crippen molar-refractivity contribution in [2.75, 3.05) is 0 Å². The van der Waals surface area contributed by atoms with Crippen molar-refractivity contribution < 1.29 is 62.6 Å². The summed E-state index contributed by atoms with van der Waals surface area (Å²) in [6.07, 6.45) is 7.71. The van der Waals surface area contributed by atoms with Crippen LogP contribution in [0.4, 0.5) is 0 Å². The van der Waals surface area contributed by atoms with E-state index in [4.69, 9.17) is 16.2 Å². The van der Waals surface area contributed by atoms with Gasteiger partial charge in [0.15, 0.2) is 5.96 Å². The standard InChI is InChI=1S/C36H45N3O7S.Na/c37-34(38)39-36(23-22-35(42)20-2-1-3-21-35)29-12-4-26(5-13-29)24-28(11-18-32(41)27-9-14-30(40)15-10-27)33(47(43,44)45)19-8-25-6-16-31(46-36)17-7-25;/h4-7,9-18,28,32-33,40-42H,1-3,8,19-24H2,(H4,37,38,39)(H,43,44,45);/q;+1/p-1/b18-11+;/t28-,32-,33-,36-;/m1./s1. The Balaban J connectivity index is 0.00000520. The molecule has 0 radical (unpaired) electrons. The van der Waals surface area contributed by atoms with Crippen molar-refractivity contribution in [1.82, 2.24) is 0 Å². The van der Waals surface area contributed by atoms with Crippen LogP contribution in [0.2, 0.25) is 0 Å². The number of phenolic OH excluding ortho intramolecular Hbond substituents is 1. The van der Waals surface area contributed by atoms with E-state index in [1.54, 1.807) is 30.3 Å². The molecule has 10 nitrogen and oxygen atoms in total. The number of aryl methyl sites for hydroxylation is 1. The van der Waals surface area contributed by atoms with Crippen LogP contribution in [0.25, 0.3) is 0 Å². The van der Waals surface area contributed by atoms with Crippen LogP contribution in [0.15, 0.2) is 89.9 Å². The molecule has 252 valence electrons. The van der Waals surface area contributed by atoms with Crippen LogP contribution in [0.5, 0.6) is 11.5 Å². The number of benzene rings is 3. The molecule has 0 unspecified atom stereocenters. The topological polar surface area (TPSA) is 192 Å². The van der Waals surface area contributed by atoms with E-state index in [9.17, 15) is 28.3 Å². The predicted molar refractivity (Wildman–Crippen MR) is 179 cm³/mol. The van der Waals surface area contributed by atoms with E-state index in [1.165, 1.54) is 18.2 Å². The second-order valence-corrected chi connectivity index (χ2v) is 14.5. The van der Waals surface area contributed by atoms with Gasteiger partial charge in [0.2, 0.25) is 5.72 Å². The Morgan fingerprint density at radius 2 is 1.58 bits per heavy atom. The molecule has 4 bridgehead atoms. The summed E-state index contributed by atoms with van der Waals surface area (Å²) in [4.78, 5) is 4.63. The summed E-state index contributed by atoms with van der Waals surface area (Å²) in [5.41, 5.74) is 12.5. The zero-order valence-electron chi connectivity index (χ0n) is 27.4. The van der Waals surface area contributed by atoms with Crippen molar-refractivity contribution in [1.29, 1.82) is 0 Å². The maximum Gasteiger partial charge on any atom is 1.00 e. The first-order valence-corrected chi connectivity index (χ1v) is 17.6. The average Bonchev–Trinajstić information content (AvgIpc) is 3.04. The Labute approximate surface area is 305 Å². The van der Waals surface area contributed by atoms with Crippen molar-refractivity contribution in [3.8, 4) is 11.5 Å². The minimum atomic E-state index is -4.74. The average molecular weight is 686 g/mol. The van der Waals surface area contributed by atoms with Crippen molar-refractivity contribution in [2.45, 2.75) is 86.9 Å². The van der Waals surface area contributed by atoms with Gasteiger partial charge in [-0.25, -0.2) is 13.4 Å². The first-order valence-electron chi connectivity index (χ1n) is 16.1. The fraction of sp³-hybridized carbons (Fsp3) is 0.417. The molecule has 4 aliphatic heterocycles. The summed E-state index contributed by atoms with van der Waals surface area (Å²) >= 11 is 0. The second kappa shape index (κ2) is 16.2. The maximum atomic E-state index is 12.7. The Bertz CT molecular complexity index is 1660. The number of aromatic hydroxyl groups is 1. The molecule has 1 saturated carbocycles. The number of ether oxygens (including phenoxy) is 1. The number of allylic oxidation sites excluding steroid dienone is 1. The van der Waals surface area contributed by atoms with Crippen LogP contribution in [-0.4, -0.2) is 45.1 Å². The van der Waals surface area contributed by atoms with Crippen LogP contribution in [0, 0.1) is 5.92 Å². The van der Waals surface area contributed by atoms with Gasteiger partial charge in [-0.05, 0) is 85.4 Å². The molecule has 3 aromatic rings. The van der Waals surface area contributed by atoms with Gasteiger partial charge in [-0.1, -0.05) is 79.9 Å². The molecule has 1 aliphatic carbocycles. The van der Waals surface area contributed by atoms with Crippen molar-refractivity contribution in [3.05, 3.63) is 107 Å². The molecular weight excluding hydrogens is 641 g/mol. The van der Waals surface area contributed by atoms with Crippen LogP contribution < -0.4 is 45.8 Å². The summed E-state index contributed by atoms with van der Waals surface area (Å²) in [6, 6.07) is 20.5. The van der Waals surface area contributed by atoms with E-state index in [0.717, 1.165) is 30.4 Å². The SMILES string of the molecule is NC(N)=N[C@]1(CCC2(O)CCCCC2)Oc2ccc(cc2)CC[C@@H](S(=O)(=O)[O-])[C@H](/C=C/[C@@H](O)c2ccc(O)cc2)Cc2ccc1cc2.[Na+]. The van der Waals surface area contributed by atoms with Gasteiger partial charge in [-0.15, -0.1) is 0 Å². The van der Waals surface area contributed by atoms with Gasteiger partial charge in [-0.2, -0.15) is 0 Å². The smallest absolute Gasteiger partial charge is 0.748 e. The van der Waals surface area contributed by atoms with Gasteiger partial charge in [0, 0.05) is 12.0 Å². The molecular formula is C36H44N3NaO7S. The van der Waals surface area contributed by atoms with Gasteiger partial charge < -0.3 is 36.1 Å². The van der Waals surface area contributed by atoms with Crippen LogP contribution in [0.1, 0.15) is 79.7 Å². The number of aliphatic imine (C=N–C) groups is 1. The molecule has 0 amide bonds. The maximum absolute atomic E-state index is 12.7. The van der Waals surface area contributed by atoms with Gasteiger partial charge in [0.25, 0.3) is 0 Å². The number of hydrogen-bond donors (Lipinski definition) is 5.